The summed E-state index contributed by atoms with van der Waals surface area (Å²) in [6, 6.07) is 2.18. The molecular weight excluding hydrogens is 336 g/mol. The van der Waals surface area contributed by atoms with Crippen LogP contribution in [-0.2, 0) is 22.6 Å². The molecule has 6 nitrogen and oxygen atoms in total. The maximum atomic E-state index is 12.6. The number of piperazine rings is 1. The zero-order valence-electron chi connectivity index (χ0n) is 15.0. The van der Waals surface area contributed by atoms with E-state index in [1.165, 1.54) is 10.4 Å². The van der Waals surface area contributed by atoms with Crippen molar-refractivity contribution in [2.75, 3.05) is 52.4 Å². The van der Waals surface area contributed by atoms with Gasteiger partial charge in [-0.15, -0.1) is 11.3 Å². The lowest BCUT2D eigenvalue weighted by Crippen LogP contribution is -2.53. The first kappa shape index (κ1) is 18.4. The minimum Gasteiger partial charge on any atom is -0.355 e. The predicted octanol–water partition coefficient (Wildman–Crippen LogP) is 0.777. The highest BCUT2D eigenvalue weighted by atomic mass is 32.1. The molecule has 0 saturated carbocycles. The third-order valence-corrected chi connectivity index (χ3v) is 5.93. The topological polar surface area (TPSA) is 55.9 Å². The molecular formula is C18H28N4O2S. The molecule has 3 rings (SSSR count). The van der Waals surface area contributed by atoms with Crippen LogP contribution in [0.5, 0.6) is 0 Å². The number of carbonyl (C=O) groups is 2. The number of amides is 2. The lowest BCUT2D eigenvalue weighted by Gasteiger charge is -2.36. The first-order valence-electron chi connectivity index (χ1n) is 9.20. The van der Waals surface area contributed by atoms with Gasteiger partial charge in [0.15, 0.2) is 0 Å². The Bertz CT molecular complexity index is 596. The second-order valence-corrected chi connectivity index (χ2v) is 7.84. The van der Waals surface area contributed by atoms with Crippen LogP contribution in [0, 0.1) is 0 Å². The van der Waals surface area contributed by atoms with Gasteiger partial charge >= 0.3 is 0 Å². The maximum absolute atomic E-state index is 12.6. The molecule has 0 aliphatic carbocycles. The van der Waals surface area contributed by atoms with Gasteiger partial charge in [-0.05, 0) is 29.9 Å². The zero-order chi connectivity index (χ0) is 17.6. The van der Waals surface area contributed by atoms with Crippen LogP contribution in [-0.4, -0.2) is 78.9 Å². The largest absolute Gasteiger partial charge is 0.355 e. The van der Waals surface area contributed by atoms with Crippen molar-refractivity contribution in [3.05, 3.63) is 21.9 Å². The van der Waals surface area contributed by atoms with E-state index in [1.54, 1.807) is 0 Å². The molecule has 1 N–H and O–H groups in total. The summed E-state index contributed by atoms with van der Waals surface area (Å²) in [6.45, 7) is 8.58. The summed E-state index contributed by atoms with van der Waals surface area (Å²) < 4.78 is 0. The molecule has 0 bridgehead atoms. The van der Waals surface area contributed by atoms with Crippen LogP contribution in [0.3, 0.4) is 0 Å². The fourth-order valence-electron chi connectivity index (χ4n) is 3.41. The van der Waals surface area contributed by atoms with Crippen LogP contribution in [0.1, 0.15) is 23.8 Å². The van der Waals surface area contributed by atoms with Gasteiger partial charge in [0.05, 0.1) is 13.1 Å². The molecule has 2 aliphatic rings. The highest BCUT2D eigenvalue weighted by Gasteiger charge is 2.25. The Balaban J connectivity index is 1.39. The van der Waals surface area contributed by atoms with E-state index in [9.17, 15) is 9.59 Å². The van der Waals surface area contributed by atoms with Crippen molar-refractivity contribution >= 4 is 23.2 Å². The lowest BCUT2D eigenvalue weighted by atomic mass is 10.1. The van der Waals surface area contributed by atoms with Gasteiger partial charge in [-0.25, -0.2) is 0 Å². The molecule has 1 saturated heterocycles. The number of fused-ring (bicyclic) bond motifs is 1. The van der Waals surface area contributed by atoms with E-state index in [0.717, 1.165) is 58.7 Å². The number of nitrogens with one attached hydrogen (secondary N) is 1. The van der Waals surface area contributed by atoms with Gasteiger partial charge < -0.3 is 10.2 Å². The molecule has 0 unspecified atom stereocenters. The number of nitrogens with zero attached hydrogens (tertiary/aromatic N) is 3. The normalized spacial score (nSPS) is 18.8. The Labute approximate surface area is 153 Å². The molecule has 2 aliphatic heterocycles. The average molecular weight is 365 g/mol. The summed E-state index contributed by atoms with van der Waals surface area (Å²) in [7, 11) is 0. The van der Waals surface area contributed by atoms with Gasteiger partial charge in [-0.3, -0.25) is 19.4 Å². The van der Waals surface area contributed by atoms with E-state index in [1.807, 2.05) is 23.2 Å². The van der Waals surface area contributed by atoms with Crippen molar-refractivity contribution in [2.24, 2.45) is 0 Å². The number of thiophene rings is 1. The summed E-state index contributed by atoms with van der Waals surface area (Å²) in [5.41, 5.74) is 1.38. The Morgan fingerprint density at radius 3 is 2.68 bits per heavy atom. The molecule has 0 radical (unpaired) electrons. The number of hydrogen-bond acceptors (Lipinski definition) is 5. The summed E-state index contributed by atoms with van der Waals surface area (Å²) in [6.07, 6.45) is 2.01. The summed E-state index contributed by atoms with van der Waals surface area (Å²) in [5, 5.41) is 5.05. The van der Waals surface area contributed by atoms with Crippen molar-refractivity contribution in [3.8, 4) is 0 Å². The summed E-state index contributed by atoms with van der Waals surface area (Å²) >= 11 is 1.82. The van der Waals surface area contributed by atoms with Gasteiger partial charge in [0, 0.05) is 50.7 Å². The van der Waals surface area contributed by atoms with Gasteiger partial charge in [0.1, 0.15) is 0 Å². The smallest absolute Gasteiger partial charge is 0.236 e. The SMILES string of the molecule is CCCNC(=O)CN1CCN(C(=O)CN2CCc3sccc3C2)CC1. The molecule has 0 atom stereocenters. The first-order valence-corrected chi connectivity index (χ1v) is 10.1. The Morgan fingerprint density at radius 1 is 1.12 bits per heavy atom. The zero-order valence-corrected chi connectivity index (χ0v) is 15.8. The molecule has 7 heteroatoms. The molecule has 138 valence electrons. The number of rotatable bonds is 6. The molecule has 3 heterocycles. The first-order chi connectivity index (χ1) is 12.2. The van der Waals surface area contributed by atoms with Crippen molar-refractivity contribution in [1.29, 1.82) is 0 Å². The molecule has 1 fully saturated rings. The molecule has 25 heavy (non-hydrogen) atoms. The van der Waals surface area contributed by atoms with Gasteiger partial charge in [0.2, 0.25) is 11.8 Å². The van der Waals surface area contributed by atoms with E-state index < -0.39 is 0 Å². The molecule has 2 amide bonds. The average Bonchev–Trinajstić information content (AvgIpc) is 3.08. The van der Waals surface area contributed by atoms with Crippen molar-refractivity contribution in [2.45, 2.75) is 26.3 Å². The molecule has 1 aromatic heterocycles. The van der Waals surface area contributed by atoms with Gasteiger partial charge in [-0.1, -0.05) is 6.92 Å². The van der Waals surface area contributed by atoms with Gasteiger partial charge in [-0.2, -0.15) is 0 Å². The fourth-order valence-corrected chi connectivity index (χ4v) is 4.30. The number of carbonyl (C=O) groups excluding carboxylic acids is 2. The Kier molecular flexibility index (Phi) is 6.45. The van der Waals surface area contributed by atoms with Crippen LogP contribution < -0.4 is 5.32 Å². The summed E-state index contributed by atoms with van der Waals surface area (Å²) in [4.78, 5) is 32.2. The van der Waals surface area contributed by atoms with Crippen molar-refractivity contribution in [1.82, 2.24) is 20.0 Å². The van der Waals surface area contributed by atoms with E-state index in [-0.39, 0.29) is 11.8 Å². The van der Waals surface area contributed by atoms with E-state index in [4.69, 9.17) is 0 Å². The van der Waals surface area contributed by atoms with Crippen LogP contribution in [0.2, 0.25) is 0 Å². The van der Waals surface area contributed by atoms with Crippen LogP contribution in [0.4, 0.5) is 0 Å². The molecule has 0 spiro atoms. The molecule has 0 aromatic carbocycles. The van der Waals surface area contributed by atoms with Crippen molar-refractivity contribution in [3.63, 3.8) is 0 Å². The Morgan fingerprint density at radius 2 is 1.92 bits per heavy atom. The lowest BCUT2D eigenvalue weighted by molar-refractivity contribution is -0.134. The monoisotopic (exact) mass is 364 g/mol. The predicted molar refractivity (Wildman–Crippen MR) is 99.6 cm³/mol. The van der Waals surface area contributed by atoms with Gasteiger partial charge in [0.25, 0.3) is 0 Å². The summed E-state index contributed by atoms with van der Waals surface area (Å²) in [5.74, 6) is 0.301. The second kappa shape index (κ2) is 8.78. The Hall–Kier alpha value is -1.44. The standard InChI is InChI=1S/C18H28N4O2S/c1-2-5-19-17(23)13-20-7-9-22(10-8-20)18(24)14-21-6-3-16-15(12-21)4-11-25-16/h4,11H,2-3,5-10,12-14H2,1H3,(H,19,23). The van der Waals surface area contributed by atoms with E-state index >= 15 is 0 Å². The van der Waals surface area contributed by atoms with Crippen LogP contribution in [0.25, 0.3) is 0 Å². The van der Waals surface area contributed by atoms with E-state index in [0.29, 0.717) is 13.1 Å². The second-order valence-electron chi connectivity index (χ2n) is 6.84. The van der Waals surface area contributed by atoms with Crippen LogP contribution in [0.15, 0.2) is 11.4 Å². The highest BCUT2D eigenvalue weighted by molar-refractivity contribution is 7.10. The van der Waals surface area contributed by atoms with Crippen LogP contribution >= 0.6 is 11.3 Å². The fraction of sp³-hybridized carbons (Fsp3) is 0.667. The number of hydrogen-bond donors (Lipinski definition) is 1. The quantitative estimate of drug-likeness (QED) is 0.810. The van der Waals surface area contributed by atoms with Crippen molar-refractivity contribution < 1.29 is 9.59 Å². The highest BCUT2D eigenvalue weighted by Crippen LogP contribution is 2.23. The third-order valence-electron chi connectivity index (χ3n) is 4.91. The van der Waals surface area contributed by atoms with E-state index in [2.05, 4.69) is 26.6 Å². The third kappa shape index (κ3) is 5.03. The minimum absolute atomic E-state index is 0.0847. The minimum atomic E-state index is 0.0847. The maximum Gasteiger partial charge on any atom is 0.236 e. The molecule has 1 aromatic rings.